The van der Waals surface area contributed by atoms with Crippen LogP contribution in [0.25, 0.3) is 22.0 Å². The number of pyridine rings is 1. The third-order valence-electron chi connectivity index (χ3n) is 5.25. The molecule has 28 heavy (non-hydrogen) atoms. The highest BCUT2D eigenvalue weighted by atomic mass is 19.1. The fraction of sp³-hybridized carbons (Fsp3) is 0.318. The topological polar surface area (TPSA) is 48.6 Å². The standard InChI is InChI=1S/C22H24FN3O2/c1-25-9-11-26(12-10-25)13-14-28-21-18-8-7-17(23)15-19(18)22(27)24-20(21)16-5-3-2-4-6-16/h2-8,15H,9-14H2,1H3,(H,24,27). The van der Waals surface area contributed by atoms with E-state index in [1.165, 1.54) is 12.1 Å². The van der Waals surface area contributed by atoms with Crippen LogP contribution >= 0.6 is 0 Å². The summed E-state index contributed by atoms with van der Waals surface area (Å²) in [6.07, 6.45) is 0. The molecule has 1 aromatic heterocycles. The van der Waals surface area contributed by atoms with Crippen LogP contribution in [-0.4, -0.2) is 61.2 Å². The van der Waals surface area contributed by atoms with E-state index in [4.69, 9.17) is 4.74 Å². The Morgan fingerprint density at radius 1 is 1.04 bits per heavy atom. The van der Waals surface area contributed by atoms with Gasteiger partial charge in [-0.3, -0.25) is 9.69 Å². The summed E-state index contributed by atoms with van der Waals surface area (Å²) >= 11 is 0. The number of ether oxygens (including phenoxy) is 1. The Labute approximate surface area is 163 Å². The zero-order valence-electron chi connectivity index (χ0n) is 16.0. The van der Waals surface area contributed by atoms with Crippen molar-refractivity contribution < 1.29 is 9.13 Å². The minimum absolute atomic E-state index is 0.300. The van der Waals surface area contributed by atoms with Gasteiger partial charge in [-0.2, -0.15) is 0 Å². The lowest BCUT2D eigenvalue weighted by atomic mass is 10.1. The maximum Gasteiger partial charge on any atom is 0.256 e. The maximum atomic E-state index is 13.7. The largest absolute Gasteiger partial charge is 0.489 e. The third kappa shape index (κ3) is 3.93. The number of fused-ring (bicyclic) bond motifs is 1. The molecular formula is C22H24FN3O2. The molecule has 1 aliphatic rings. The van der Waals surface area contributed by atoms with Crippen molar-refractivity contribution in [1.29, 1.82) is 0 Å². The number of rotatable bonds is 5. The predicted molar refractivity (Wildman–Crippen MR) is 109 cm³/mol. The first-order chi connectivity index (χ1) is 13.6. The van der Waals surface area contributed by atoms with Crippen LogP contribution in [0.3, 0.4) is 0 Å². The second kappa shape index (κ2) is 8.12. The number of likely N-dealkylation sites (N-methyl/N-ethyl adjacent to an activating group) is 1. The van der Waals surface area contributed by atoms with Gasteiger partial charge in [-0.15, -0.1) is 0 Å². The van der Waals surface area contributed by atoms with E-state index in [2.05, 4.69) is 21.8 Å². The second-order valence-electron chi connectivity index (χ2n) is 7.21. The summed E-state index contributed by atoms with van der Waals surface area (Å²) in [6.45, 7) is 5.45. The summed E-state index contributed by atoms with van der Waals surface area (Å²) in [5, 5.41) is 0.927. The van der Waals surface area contributed by atoms with Gasteiger partial charge in [0.1, 0.15) is 12.4 Å². The van der Waals surface area contributed by atoms with Crippen LogP contribution in [0.4, 0.5) is 4.39 Å². The average molecular weight is 381 g/mol. The van der Waals surface area contributed by atoms with Crippen LogP contribution in [-0.2, 0) is 0 Å². The van der Waals surface area contributed by atoms with Crippen molar-refractivity contribution in [2.45, 2.75) is 0 Å². The molecule has 0 atom stereocenters. The molecule has 2 heterocycles. The molecule has 0 bridgehead atoms. The molecule has 1 N–H and O–H groups in total. The van der Waals surface area contributed by atoms with Crippen LogP contribution in [0.15, 0.2) is 53.3 Å². The Balaban J connectivity index is 1.66. The Morgan fingerprint density at radius 2 is 1.79 bits per heavy atom. The van der Waals surface area contributed by atoms with E-state index in [0.717, 1.165) is 38.3 Å². The Hall–Kier alpha value is -2.70. The minimum atomic E-state index is -0.436. The van der Waals surface area contributed by atoms with E-state index in [1.54, 1.807) is 6.07 Å². The number of H-pyrrole nitrogens is 1. The Morgan fingerprint density at radius 3 is 2.54 bits per heavy atom. The monoisotopic (exact) mass is 381 g/mol. The van der Waals surface area contributed by atoms with Crippen LogP contribution < -0.4 is 10.3 Å². The predicted octanol–water partition coefficient (Wildman–Crippen LogP) is 2.96. The number of aromatic amines is 1. The van der Waals surface area contributed by atoms with Crippen LogP contribution in [0.5, 0.6) is 5.75 Å². The molecular weight excluding hydrogens is 357 g/mol. The zero-order valence-corrected chi connectivity index (χ0v) is 16.0. The van der Waals surface area contributed by atoms with Gasteiger partial charge in [0, 0.05) is 43.7 Å². The van der Waals surface area contributed by atoms with E-state index in [-0.39, 0.29) is 5.56 Å². The summed E-state index contributed by atoms with van der Waals surface area (Å²) in [7, 11) is 2.13. The number of piperazine rings is 1. The first-order valence-electron chi connectivity index (χ1n) is 9.56. The lowest BCUT2D eigenvalue weighted by Gasteiger charge is -2.32. The highest BCUT2D eigenvalue weighted by Crippen LogP contribution is 2.33. The second-order valence-corrected chi connectivity index (χ2v) is 7.21. The summed E-state index contributed by atoms with van der Waals surface area (Å²) in [6, 6.07) is 13.8. The molecule has 1 aliphatic heterocycles. The third-order valence-corrected chi connectivity index (χ3v) is 5.25. The molecule has 0 aliphatic carbocycles. The molecule has 2 aromatic carbocycles. The van der Waals surface area contributed by atoms with E-state index in [9.17, 15) is 9.18 Å². The van der Waals surface area contributed by atoms with Gasteiger partial charge in [-0.25, -0.2) is 4.39 Å². The fourth-order valence-electron chi connectivity index (χ4n) is 3.58. The van der Waals surface area contributed by atoms with Gasteiger partial charge >= 0.3 is 0 Å². The summed E-state index contributed by atoms with van der Waals surface area (Å²) in [4.78, 5) is 20.1. The molecule has 0 amide bonds. The number of hydrogen-bond donors (Lipinski definition) is 1. The number of benzene rings is 2. The quantitative estimate of drug-likeness (QED) is 0.738. The zero-order chi connectivity index (χ0) is 19.5. The molecule has 6 heteroatoms. The van der Waals surface area contributed by atoms with Crippen molar-refractivity contribution in [1.82, 2.24) is 14.8 Å². The highest BCUT2D eigenvalue weighted by molar-refractivity contribution is 5.92. The fourth-order valence-corrected chi connectivity index (χ4v) is 3.58. The van der Waals surface area contributed by atoms with E-state index in [1.807, 2.05) is 30.3 Å². The molecule has 146 valence electrons. The van der Waals surface area contributed by atoms with E-state index >= 15 is 0 Å². The average Bonchev–Trinajstić information content (AvgIpc) is 2.72. The lowest BCUT2D eigenvalue weighted by Crippen LogP contribution is -2.45. The lowest BCUT2D eigenvalue weighted by molar-refractivity contribution is 0.134. The highest BCUT2D eigenvalue weighted by Gasteiger charge is 2.17. The summed E-state index contributed by atoms with van der Waals surface area (Å²) in [5.41, 5.74) is 1.17. The smallest absolute Gasteiger partial charge is 0.256 e. The van der Waals surface area contributed by atoms with E-state index < -0.39 is 5.82 Å². The van der Waals surface area contributed by atoms with Gasteiger partial charge in [-0.05, 0) is 25.2 Å². The maximum absolute atomic E-state index is 13.7. The van der Waals surface area contributed by atoms with Crippen molar-refractivity contribution in [3.63, 3.8) is 0 Å². The molecule has 0 unspecified atom stereocenters. The normalized spacial score (nSPS) is 15.8. The van der Waals surface area contributed by atoms with Gasteiger partial charge in [0.15, 0.2) is 5.75 Å². The van der Waals surface area contributed by atoms with Gasteiger partial charge in [0.05, 0.1) is 11.1 Å². The van der Waals surface area contributed by atoms with Crippen molar-refractivity contribution in [2.75, 3.05) is 46.4 Å². The minimum Gasteiger partial charge on any atom is -0.489 e. The van der Waals surface area contributed by atoms with Gasteiger partial charge in [0.25, 0.3) is 5.56 Å². The van der Waals surface area contributed by atoms with Crippen LogP contribution in [0, 0.1) is 5.82 Å². The Kier molecular flexibility index (Phi) is 5.41. The first-order valence-corrected chi connectivity index (χ1v) is 9.56. The van der Waals surface area contributed by atoms with E-state index in [0.29, 0.717) is 28.8 Å². The molecule has 1 fully saturated rings. The summed E-state index contributed by atoms with van der Waals surface area (Å²) in [5.74, 6) is 0.156. The molecule has 4 rings (SSSR count). The molecule has 5 nitrogen and oxygen atoms in total. The number of hydrogen-bond acceptors (Lipinski definition) is 4. The molecule has 3 aromatic rings. The van der Waals surface area contributed by atoms with Crippen molar-refractivity contribution >= 4 is 10.8 Å². The number of nitrogens with one attached hydrogen (secondary N) is 1. The number of halogens is 1. The first kappa shape index (κ1) is 18.7. The molecule has 0 radical (unpaired) electrons. The Bertz CT molecular complexity index is 1010. The molecule has 1 saturated heterocycles. The molecule has 0 spiro atoms. The molecule has 0 saturated carbocycles. The van der Waals surface area contributed by atoms with Crippen molar-refractivity contribution in [2.24, 2.45) is 0 Å². The summed E-state index contributed by atoms with van der Waals surface area (Å²) < 4.78 is 19.9. The number of nitrogens with zero attached hydrogens (tertiary/aromatic N) is 2. The SMILES string of the molecule is CN1CCN(CCOc2c(-c3ccccc3)[nH]c(=O)c3cc(F)ccc23)CC1. The van der Waals surface area contributed by atoms with Crippen LogP contribution in [0.2, 0.25) is 0 Å². The van der Waals surface area contributed by atoms with Crippen molar-refractivity contribution in [3.8, 4) is 17.0 Å². The van der Waals surface area contributed by atoms with Gasteiger partial charge in [-0.1, -0.05) is 30.3 Å². The van der Waals surface area contributed by atoms with Crippen LogP contribution in [0.1, 0.15) is 0 Å². The number of aromatic nitrogens is 1. The van der Waals surface area contributed by atoms with Gasteiger partial charge < -0.3 is 14.6 Å². The van der Waals surface area contributed by atoms with Crippen molar-refractivity contribution in [3.05, 3.63) is 64.7 Å². The van der Waals surface area contributed by atoms with Gasteiger partial charge in [0.2, 0.25) is 0 Å².